The van der Waals surface area contributed by atoms with Crippen molar-refractivity contribution < 1.29 is 18.6 Å². The molecular weight excluding hydrogens is 344 g/mol. The highest BCUT2D eigenvalue weighted by atomic mass is 79.9. The minimum absolute atomic E-state index is 0.137. The number of rotatable bonds is 5. The van der Waals surface area contributed by atoms with Gasteiger partial charge in [-0.1, -0.05) is 22.0 Å². The lowest BCUT2D eigenvalue weighted by molar-refractivity contribution is 0.191. The van der Waals surface area contributed by atoms with Crippen molar-refractivity contribution in [3.8, 4) is 5.75 Å². The molecule has 2 rings (SSSR count). The molecule has 0 amide bonds. The maximum atomic E-state index is 13.1. The fourth-order valence-electron chi connectivity index (χ4n) is 1.86. The Morgan fingerprint density at radius 3 is 2.62 bits per heavy atom. The lowest BCUT2D eigenvalue weighted by atomic mass is 10.1. The lowest BCUT2D eigenvalue weighted by Crippen LogP contribution is -2.13. The summed E-state index contributed by atoms with van der Waals surface area (Å²) in [5.74, 6) is -1.30. The molecule has 0 aromatic heterocycles. The van der Waals surface area contributed by atoms with Gasteiger partial charge in [-0.3, -0.25) is 0 Å². The molecule has 0 aliphatic rings. The first-order chi connectivity index (χ1) is 10.0. The van der Waals surface area contributed by atoms with E-state index in [1.807, 2.05) is 6.07 Å². The Morgan fingerprint density at radius 1 is 1.19 bits per heavy atom. The Labute approximate surface area is 129 Å². The molecule has 0 bridgehead atoms. The van der Waals surface area contributed by atoms with Crippen LogP contribution in [0.15, 0.2) is 40.9 Å². The molecule has 0 saturated heterocycles. The Kier molecular flexibility index (Phi) is 5.14. The summed E-state index contributed by atoms with van der Waals surface area (Å²) in [6.45, 7) is 0.137. The summed E-state index contributed by atoms with van der Waals surface area (Å²) in [7, 11) is 1.54. The number of aliphatic hydroxyl groups is 1. The highest BCUT2D eigenvalue weighted by Gasteiger charge is 2.12. The molecule has 0 spiro atoms. The number of hydrogen-bond donors (Lipinski definition) is 2. The number of hydrogen-bond acceptors (Lipinski definition) is 3. The van der Waals surface area contributed by atoms with Crippen LogP contribution in [0.4, 0.5) is 14.5 Å². The molecule has 1 unspecified atom stereocenters. The molecule has 112 valence electrons. The van der Waals surface area contributed by atoms with E-state index in [1.165, 1.54) is 6.07 Å². The summed E-state index contributed by atoms with van der Waals surface area (Å²) in [6.07, 6.45) is -0.969. The Morgan fingerprint density at radius 2 is 1.95 bits per heavy atom. The van der Waals surface area contributed by atoms with Gasteiger partial charge in [-0.25, -0.2) is 8.78 Å². The van der Waals surface area contributed by atoms with Gasteiger partial charge in [0.1, 0.15) is 5.75 Å². The zero-order valence-corrected chi connectivity index (χ0v) is 12.8. The van der Waals surface area contributed by atoms with Crippen molar-refractivity contribution in [2.75, 3.05) is 19.0 Å². The van der Waals surface area contributed by atoms with Gasteiger partial charge in [0.2, 0.25) is 0 Å². The average Bonchev–Trinajstić information content (AvgIpc) is 2.47. The number of anilines is 1. The van der Waals surface area contributed by atoms with Crippen LogP contribution in [0.5, 0.6) is 5.75 Å². The maximum absolute atomic E-state index is 13.1. The quantitative estimate of drug-likeness (QED) is 0.853. The second-order valence-electron chi connectivity index (χ2n) is 4.41. The van der Waals surface area contributed by atoms with E-state index in [0.29, 0.717) is 17.0 Å². The SMILES string of the molecule is COc1ccc(Br)cc1NCC(O)c1ccc(F)c(F)c1. The van der Waals surface area contributed by atoms with Crippen LogP contribution >= 0.6 is 15.9 Å². The monoisotopic (exact) mass is 357 g/mol. The van der Waals surface area contributed by atoms with E-state index in [9.17, 15) is 13.9 Å². The van der Waals surface area contributed by atoms with E-state index in [2.05, 4.69) is 21.2 Å². The van der Waals surface area contributed by atoms with Gasteiger partial charge in [-0.15, -0.1) is 0 Å². The number of methoxy groups -OCH3 is 1. The minimum atomic E-state index is -0.980. The van der Waals surface area contributed by atoms with Gasteiger partial charge in [-0.05, 0) is 35.9 Å². The second kappa shape index (κ2) is 6.87. The van der Waals surface area contributed by atoms with Crippen LogP contribution in [0, 0.1) is 11.6 Å². The van der Waals surface area contributed by atoms with Gasteiger partial charge >= 0.3 is 0 Å². The first-order valence-corrected chi connectivity index (χ1v) is 7.01. The Bertz CT molecular complexity index is 637. The van der Waals surface area contributed by atoms with Crippen LogP contribution in [0.3, 0.4) is 0 Å². The van der Waals surface area contributed by atoms with E-state index >= 15 is 0 Å². The molecule has 1 atom stereocenters. The van der Waals surface area contributed by atoms with Gasteiger partial charge in [-0.2, -0.15) is 0 Å². The van der Waals surface area contributed by atoms with Crippen LogP contribution in [-0.2, 0) is 0 Å². The molecular formula is C15H14BrF2NO2. The third-order valence-corrected chi connectivity index (χ3v) is 3.47. The summed E-state index contributed by atoms with van der Waals surface area (Å²) >= 11 is 3.35. The van der Waals surface area contributed by atoms with Gasteiger partial charge < -0.3 is 15.2 Å². The molecule has 3 nitrogen and oxygen atoms in total. The standard InChI is InChI=1S/C15H14BrF2NO2/c1-21-15-5-3-10(16)7-13(15)19-8-14(20)9-2-4-11(17)12(18)6-9/h2-7,14,19-20H,8H2,1H3. The topological polar surface area (TPSA) is 41.5 Å². The average molecular weight is 358 g/mol. The van der Waals surface area contributed by atoms with Gasteiger partial charge in [0, 0.05) is 11.0 Å². The predicted octanol–water partition coefficient (Wildman–Crippen LogP) is 3.88. The molecule has 0 aliphatic heterocycles. The lowest BCUT2D eigenvalue weighted by Gasteiger charge is -2.15. The third-order valence-electron chi connectivity index (χ3n) is 2.98. The van der Waals surface area contributed by atoms with E-state index in [1.54, 1.807) is 19.2 Å². The van der Waals surface area contributed by atoms with Crippen LogP contribution < -0.4 is 10.1 Å². The maximum Gasteiger partial charge on any atom is 0.159 e. The first-order valence-electron chi connectivity index (χ1n) is 6.21. The zero-order valence-electron chi connectivity index (χ0n) is 11.2. The number of ether oxygens (including phenoxy) is 1. The predicted molar refractivity (Wildman–Crippen MR) is 80.5 cm³/mol. The summed E-state index contributed by atoms with van der Waals surface area (Å²) in [6, 6.07) is 8.74. The summed E-state index contributed by atoms with van der Waals surface area (Å²) in [5, 5.41) is 13.0. The molecule has 21 heavy (non-hydrogen) atoms. The van der Waals surface area contributed by atoms with Gasteiger partial charge in [0.25, 0.3) is 0 Å². The highest BCUT2D eigenvalue weighted by molar-refractivity contribution is 9.10. The fraction of sp³-hybridized carbons (Fsp3) is 0.200. The molecule has 0 saturated carbocycles. The number of halogens is 3. The van der Waals surface area contributed by atoms with Crippen LogP contribution in [-0.4, -0.2) is 18.8 Å². The number of aliphatic hydroxyl groups excluding tert-OH is 1. The Hall–Kier alpha value is -1.66. The summed E-state index contributed by atoms with van der Waals surface area (Å²) < 4.78 is 32.1. The largest absolute Gasteiger partial charge is 0.495 e. The van der Waals surface area contributed by atoms with Crippen LogP contribution in [0.25, 0.3) is 0 Å². The van der Waals surface area contributed by atoms with E-state index in [4.69, 9.17) is 4.74 Å². The number of benzene rings is 2. The molecule has 0 aliphatic carbocycles. The number of nitrogens with one attached hydrogen (secondary N) is 1. The third kappa shape index (κ3) is 3.92. The van der Waals surface area contributed by atoms with Crippen molar-refractivity contribution in [1.29, 1.82) is 0 Å². The molecule has 0 radical (unpaired) electrons. The normalized spacial score (nSPS) is 12.0. The molecule has 2 N–H and O–H groups in total. The van der Waals surface area contributed by atoms with Gasteiger partial charge in [0.15, 0.2) is 11.6 Å². The fourth-order valence-corrected chi connectivity index (χ4v) is 2.22. The summed E-state index contributed by atoms with van der Waals surface area (Å²) in [4.78, 5) is 0. The highest BCUT2D eigenvalue weighted by Crippen LogP contribution is 2.28. The van der Waals surface area contributed by atoms with Crippen molar-refractivity contribution in [2.24, 2.45) is 0 Å². The van der Waals surface area contributed by atoms with Crippen LogP contribution in [0.2, 0.25) is 0 Å². The molecule has 0 fully saturated rings. The minimum Gasteiger partial charge on any atom is -0.495 e. The van der Waals surface area contributed by atoms with Crippen molar-refractivity contribution in [1.82, 2.24) is 0 Å². The van der Waals surface area contributed by atoms with Crippen molar-refractivity contribution in [3.05, 3.63) is 58.1 Å². The van der Waals surface area contributed by atoms with E-state index in [-0.39, 0.29) is 6.54 Å². The molecule has 6 heteroatoms. The van der Waals surface area contributed by atoms with Crippen molar-refractivity contribution >= 4 is 21.6 Å². The zero-order chi connectivity index (χ0) is 15.4. The first kappa shape index (κ1) is 15.7. The van der Waals surface area contributed by atoms with E-state index < -0.39 is 17.7 Å². The molecule has 2 aromatic carbocycles. The van der Waals surface area contributed by atoms with Gasteiger partial charge in [0.05, 0.1) is 18.9 Å². The Balaban J connectivity index is 2.08. The smallest absolute Gasteiger partial charge is 0.159 e. The summed E-state index contributed by atoms with van der Waals surface area (Å²) in [5.41, 5.74) is 0.990. The van der Waals surface area contributed by atoms with Crippen LogP contribution in [0.1, 0.15) is 11.7 Å². The van der Waals surface area contributed by atoms with E-state index in [0.717, 1.165) is 16.6 Å². The molecule has 2 aromatic rings. The molecule has 0 heterocycles. The van der Waals surface area contributed by atoms with Crippen molar-refractivity contribution in [3.63, 3.8) is 0 Å². The van der Waals surface area contributed by atoms with Crippen molar-refractivity contribution in [2.45, 2.75) is 6.10 Å². The second-order valence-corrected chi connectivity index (χ2v) is 5.33.